The molecule has 0 saturated heterocycles. The van der Waals surface area contributed by atoms with E-state index in [1.807, 2.05) is 0 Å². The van der Waals surface area contributed by atoms with Crippen LogP contribution in [-0.4, -0.2) is 23.0 Å². The predicted octanol–water partition coefficient (Wildman–Crippen LogP) is 1.84. The maximum absolute atomic E-state index is 12.2. The summed E-state index contributed by atoms with van der Waals surface area (Å²) < 4.78 is 0. The lowest BCUT2D eigenvalue weighted by Crippen LogP contribution is -2.43. The minimum absolute atomic E-state index is 0.00368. The molecule has 5 atom stereocenters. The molecule has 0 aromatic rings. The average Bonchev–Trinajstić information content (AvgIpc) is 3.13. The Bertz CT molecular complexity index is 410. The Balaban J connectivity index is 1.51. The highest BCUT2D eigenvalue weighted by Crippen LogP contribution is 2.49. The Kier molecular flexibility index (Phi) is 3.85. The van der Waals surface area contributed by atoms with Crippen LogP contribution in [0.25, 0.3) is 0 Å². The topological polar surface area (TPSA) is 87.7 Å². The Hall–Kier alpha value is -1.26. The number of nitrogens with two attached hydrogens (primary N) is 1. The molecule has 3 saturated carbocycles. The monoisotopic (exact) mass is 279 g/mol. The lowest BCUT2D eigenvalue weighted by molar-refractivity contribution is -0.123. The smallest absolute Gasteiger partial charge is 0.220 e. The number of amides is 1. The van der Waals surface area contributed by atoms with Crippen LogP contribution in [0.3, 0.4) is 0 Å². The summed E-state index contributed by atoms with van der Waals surface area (Å²) in [6.07, 6.45) is 8.80. The van der Waals surface area contributed by atoms with Gasteiger partial charge in [-0.15, -0.1) is 0 Å². The molecule has 20 heavy (non-hydrogen) atoms. The molecule has 2 bridgehead atoms. The van der Waals surface area contributed by atoms with E-state index in [1.165, 1.54) is 25.7 Å². The fraction of sp³-hybridized carbons (Fsp3) is 0.867. The fourth-order valence-electron chi connectivity index (χ4n) is 4.69. The molecular formula is C15H25N3O2. The van der Waals surface area contributed by atoms with Gasteiger partial charge in [0.05, 0.1) is 0 Å². The van der Waals surface area contributed by atoms with Crippen molar-refractivity contribution in [1.82, 2.24) is 5.32 Å². The molecule has 5 unspecified atom stereocenters. The Labute approximate surface area is 120 Å². The Morgan fingerprint density at radius 2 is 2.10 bits per heavy atom. The molecule has 3 aliphatic rings. The molecule has 0 radical (unpaired) electrons. The van der Waals surface area contributed by atoms with Gasteiger partial charge in [-0.3, -0.25) is 4.79 Å². The highest BCUT2D eigenvalue weighted by Gasteiger charge is 2.40. The number of rotatable bonds is 4. The number of hydrogen-bond donors (Lipinski definition) is 3. The van der Waals surface area contributed by atoms with Crippen molar-refractivity contribution in [1.29, 1.82) is 0 Å². The second kappa shape index (κ2) is 5.62. The van der Waals surface area contributed by atoms with Crippen LogP contribution in [0.5, 0.6) is 0 Å². The number of nitrogens with zero attached hydrogens (tertiary/aromatic N) is 1. The van der Waals surface area contributed by atoms with Crippen LogP contribution in [0.1, 0.15) is 51.4 Å². The molecule has 3 rings (SSSR count). The molecule has 0 aromatic heterocycles. The predicted molar refractivity (Wildman–Crippen MR) is 76.2 cm³/mol. The second-order valence-electron chi connectivity index (χ2n) is 6.88. The maximum atomic E-state index is 12.2. The summed E-state index contributed by atoms with van der Waals surface area (Å²) in [7, 11) is 0. The number of hydrogen-bond acceptors (Lipinski definition) is 3. The van der Waals surface area contributed by atoms with Crippen LogP contribution in [0.2, 0.25) is 0 Å². The van der Waals surface area contributed by atoms with Crippen molar-refractivity contribution < 1.29 is 10.0 Å². The largest absolute Gasteiger partial charge is 0.409 e. The van der Waals surface area contributed by atoms with Gasteiger partial charge in [-0.25, -0.2) is 0 Å². The third-order valence-corrected chi connectivity index (χ3v) is 5.69. The normalized spacial score (nSPS) is 40.2. The quantitative estimate of drug-likeness (QED) is 0.317. The van der Waals surface area contributed by atoms with Gasteiger partial charge in [-0.05, 0) is 49.9 Å². The van der Waals surface area contributed by atoms with E-state index in [0.29, 0.717) is 12.3 Å². The summed E-state index contributed by atoms with van der Waals surface area (Å²) in [5.74, 6) is 2.68. The van der Waals surface area contributed by atoms with Crippen molar-refractivity contribution in [2.75, 3.05) is 0 Å². The highest BCUT2D eigenvalue weighted by atomic mass is 16.4. The number of carbonyl (C=O) groups excluding carboxylic acids is 1. The molecule has 0 heterocycles. The van der Waals surface area contributed by atoms with Gasteiger partial charge in [0.25, 0.3) is 0 Å². The van der Waals surface area contributed by atoms with Crippen molar-refractivity contribution >= 4 is 11.7 Å². The van der Waals surface area contributed by atoms with E-state index in [2.05, 4.69) is 10.5 Å². The first-order valence-electron chi connectivity index (χ1n) is 7.94. The molecule has 5 nitrogen and oxygen atoms in total. The lowest BCUT2D eigenvalue weighted by Gasteiger charge is -2.24. The minimum atomic E-state index is 0.00368. The number of amidine groups is 1. The fourth-order valence-corrected chi connectivity index (χ4v) is 4.69. The summed E-state index contributed by atoms with van der Waals surface area (Å²) in [5, 5.41) is 15.0. The van der Waals surface area contributed by atoms with Crippen LogP contribution in [-0.2, 0) is 4.79 Å². The number of carbonyl (C=O) groups is 1. The van der Waals surface area contributed by atoms with Gasteiger partial charge in [0, 0.05) is 18.4 Å². The van der Waals surface area contributed by atoms with Crippen molar-refractivity contribution in [2.24, 2.45) is 34.6 Å². The zero-order valence-electron chi connectivity index (χ0n) is 11.9. The van der Waals surface area contributed by atoms with Crippen molar-refractivity contribution in [3.8, 4) is 0 Å². The first-order valence-corrected chi connectivity index (χ1v) is 7.94. The van der Waals surface area contributed by atoms with E-state index < -0.39 is 0 Å². The van der Waals surface area contributed by atoms with Crippen molar-refractivity contribution in [3.05, 3.63) is 0 Å². The molecule has 3 fully saturated rings. The van der Waals surface area contributed by atoms with Gasteiger partial charge in [0.1, 0.15) is 5.84 Å². The highest BCUT2D eigenvalue weighted by molar-refractivity contribution is 5.84. The van der Waals surface area contributed by atoms with Crippen molar-refractivity contribution in [2.45, 2.75) is 57.4 Å². The molecular weight excluding hydrogens is 254 g/mol. The van der Waals surface area contributed by atoms with Crippen LogP contribution in [0.4, 0.5) is 0 Å². The van der Waals surface area contributed by atoms with Crippen LogP contribution < -0.4 is 11.1 Å². The second-order valence-corrected chi connectivity index (χ2v) is 6.88. The van der Waals surface area contributed by atoms with Gasteiger partial charge >= 0.3 is 0 Å². The molecule has 5 heteroatoms. The summed E-state index contributed by atoms with van der Waals surface area (Å²) in [5.41, 5.74) is 5.71. The van der Waals surface area contributed by atoms with Crippen LogP contribution in [0.15, 0.2) is 5.16 Å². The van der Waals surface area contributed by atoms with E-state index >= 15 is 0 Å². The summed E-state index contributed by atoms with van der Waals surface area (Å²) in [4.78, 5) is 12.2. The zero-order chi connectivity index (χ0) is 14.1. The zero-order valence-corrected chi connectivity index (χ0v) is 11.9. The average molecular weight is 279 g/mol. The molecule has 3 aliphatic carbocycles. The number of oxime groups is 1. The van der Waals surface area contributed by atoms with E-state index in [0.717, 1.165) is 31.1 Å². The van der Waals surface area contributed by atoms with E-state index in [9.17, 15) is 4.79 Å². The molecule has 1 amide bonds. The third-order valence-electron chi connectivity index (χ3n) is 5.69. The third kappa shape index (κ3) is 2.63. The van der Waals surface area contributed by atoms with Gasteiger partial charge in [-0.2, -0.15) is 0 Å². The Morgan fingerprint density at radius 1 is 1.25 bits per heavy atom. The molecule has 0 spiro atoms. The summed E-state index contributed by atoms with van der Waals surface area (Å²) in [6, 6.07) is 0.0528. The van der Waals surface area contributed by atoms with Gasteiger partial charge in [-0.1, -0.05) is 18.0 Å². The minimum Gasteiger partial charge on any atom is -0.409 e. The standard InChI is InChI=1S/C15H25N3O2/c16-15(18-20)12-2-1-3-13(12)17-14(19)8-11-7-9-4-5-10(11)6-9/h9-13,20H,1-8H2,(H2,16,18)(H,17,19). The summed E-state index contributed by atoms with van der Waals surface area (Å²) >= 11 is 0. The van der Waals surface area contributed by atoms with Crippen LogP contribution in [0, 0.1) is 23.7 Å². The first-order chi connectivity index (χ1) is 9.67. The van der Waals surface area contributed by atoms with Crippen LogP contribution >= 0.6 is 0 Å². The molecule has 4 N–H and O–H groups in total. The van der Waals surface area contributed by atoms with Gasteiger partial charge in [0.2, 0.25) is 5.91 Å². The van der Waals surface area contributed by atoms with E-state index in [-0.39, 0.29) is 23.7 Å². The number of nitrogens with one attached hydrogen (secondary N) is 1. The SMILES string of the molecule is NC(=NO)C1CCCC1NC(=O)CC1CC2CCC1C2. The molecule has 112 valence electrons. The number of fused-ring (bicyclic) bond motifs is 2. The molecule has 0 aromatic carbocycles. The van der Waals surface area contributed by atoms with E-state index in [1.54, 1.807) is 0 Å². The Morgan fingerprint density at radius 3 is 2.75 bits per heavy atom. The van der Waals surface area contributed by atoms with Crippen molar-refractivity contribution in [3.63, 3.8) is 0 Å². The van der Waals surface area contributed by atoms with Gasteiger partial charge in [0.15, 0.2) is 0 Å². The maximum Gasteiger partial charge on any atom is 0.220 e. The van der Waals surface area contributed by atoms with Gasteiger partial charge < -0.3 is 16.3 Å². The first kappa shape index (κ1) is 13.7. The lowest BCUT2D eigenvalue weighted by atomic mass is 9.86. The molecule has 0 aliphatic heterocycles. The van der Waals surface area contributed by atoms with E-state index in [4.69, 9.17) is 10.9 Å². The summed E-state index contributed by atoms with van der Waals surface area (Å²) in [6.45, 7) is 0.